The second-order valence-corrected chi connectivity index (χ2v) is 8.52. The van der Waals surface area contributed by atoms with Crippen LogP contribution in [0.3, 0.4) is 0 Å². The summed E-state index contributed by atoms with van der Waals surface area (Å²) in [5.74, 6) is -0.748. The Morgan fingerprint density at radius 3 is 2.60 bits per heavy atom. The molecule has 2 aliphatic heterocycles. The molecule has 194 valence electrons. The van der Waals surface area contributed by atoms with E-state index in [-0.39, 0.29) is 38.4 Å². The van der Waals surface area contributed by atoms with Gasteiger partial charge in [-0.3, -0.25) is 9.59 Å². The Morgan fingerprint density at radius 2 is 1.94 bits per heavy atom. The van der Waals surface area contributed by atoms with Gasteiger partial charge < -0.3 is 39.0 Å². The van der Waals surface area contributed by atoms with Gasteiger partial charge in [0.25, 0.3) is 0 Å². The molecule has 0 unspecified atom stereocenters. The highest BCUT2D eigenvalue weighted by molar-refractivity contribution is 5.77. The van der Waals surface area contributed by atoms with Crippen molar-refractivity contribution >= 4 is 12.3 Å². The molecular weight excluding hydrogens is 460 g/mol. The number of rotatable bonds is 11. The molecule has 0 radical (unpaired) electrons. The van der Waals surface area contributed by atoms with Crippen LogP contribution in [0.2, 0.25) is 0 Å². The molecule has 10 nitrogen and oxygen atoms in total. The van der Waals surface area contributed by atoms with Crippen molar-refractivity contribution in [2.24, 2.45) is 5.92 Å². The number of esters is 1. The molecule has 2 fully saturated rings. The van der Waals surface area contributed by atoms with Crippen LogP contribution in [0.5, 0.6) is 5.75 Å². The molecule has 0 aromatic heterocycles. The number of carbonyl (C=O) groups excluding carboxylic acids is 2. The highest BCUT2D eigenvalue weighted by atomic mass is 16.8. The Kier molecular flexibility index (Phi) is 10.2. The van der Waals surface area contributed by atoms with E-state index in [2.05, 4.69) is 0 Å². The Hall–Kier alpha value is -2.34. The molecule has 35 heavy (non-hydrogen) atoms. The van der Waals surface area contributed by atoms with Gasteiger partial charge in [-0.15, -0.1) is 0 Å². The minimum Gasteiger partial charge on any atom is -0.508 e. The first kappa shape index (κ1) is 27.3. The van der Waals surface area contributed by atoms with E-state index >= 15 is 0 Å². The van der Waals surface area contributed by atoms with Gasteiger partial charge >= 0.3 is 5.97 Å². The van der Waals surface area contributed by atoms with Crippen LogP contribution in [0, 0.1) is 5.92 Å². The molecule has 0 amide bonds. The van der Waals surface area contributed by atoms with Gasteiger partial charge in [-0.2, -0.15) is 0 Å². The molecule has 10 heteroatoms. The summed E-state index contributed by atoms with van der Waals surface area (Å²) < 4.78 is 28.1. The maximum atomic E-state index is 12.0. The van der Waals surface area contributed by atoms with Gasteiger partial charge in [0.1, 0.15) is 36.5 Å². The van der Waals surface area contributed by atoms with Gasteiger partial charge in [-0.25, -0.2) is 0 Å². The van der Waals surface area contributed by atoms with Crippen LogP contribution in [-0.2, 0) is 39.7 Å². The minimum atomic E-state index is -1.34. The third kappa shape index (κ3) is 7.33. The van der Waals surface area contributed by atoms with Gasteiger partial charge in [-0.05, 0) is 43.5 Å². The van der Waals surface area contributed by atoms with Gasteiger partial charge in [0.2, 0.25) is 0 Å². The summed E-state index contributed by atoms with van der Waals surface area (Å²) in [5.41, 5.74) is 1.36. The van der Waals surface area contributed by atoms with E-state index in [0.29, 0.717) is 18.3 Å². The molecule has 2 aliphatic rings. The quantitative estimate of drug-likeness (QED) is 0.234. The zero-order valence-corrected chi connectivity index (χ0v) is 19.9. The van der Waals surface area contributed by atoms with Gasteiger partial charge in [0, 0.05) is 12.3 Å². The van der Waals surface area contributed by atoms with Crippen LogP contribution in [0.15, 0.2) is 35.9 Å². The van der Waals surface area contributed by atoms with Crippen molar-refractivity contribution in [2.45, 2.75) is 70.1 Å². The van der Waals surface area contributed by atoms with E-state index in [1.807, 2.05) is 0 Å². The van der Waals surface area contributed by atoms with Gasteiger partial charge in [0.05, 0.1) is 26.2 Å². The zero-order chi connectivity index (χ0) is 25.4. The molecule has 0 bridgehead atoms. The number of benzene rings is 1. The molecule has 2 saturated heterocycles. The summed E-state index contributed by atoms with van der Waals surface area (Å²) in [5, 5.41) is 30.6. The minimum absolute atomic E-state index is 0.0117. The predicted octanol–water partition coefficient (Wildman–Crippen LogP) is 1.24. The van der Waals surface area contributed by atoms with Crippen molar-refractivity contribution in [2.75, 3.05) is 19.8 Å². The molecular formula is C25H34O10. The number of hydrogen-bond donors (Lipinski definition) is 3. The Morgan fingerprint density at radius 1 is 1.20 bits per heavy atom. The summed E-state index contributed by atoms with van der Waals surface area (Å²) in [4.78, 5) is 23.5. The summed E-state index contributed by atoms with van der Waals surface area (Å²) in [6.45, 7) is 3.95. The molecule has 0 spiro atoms. The van der Waals surface area contributed by atoms with E-state index in [4.69, 9.17) is 23.7 Å². The summed E-state index contributed by atoms with van der Waals surface area (Å²) in [6.07, 6.45) is -3.01. The second-order valence-electron chi connectivity index (χ2n) is 8.52. The number of aldehydes is 1. The van der Waals surface area contributed by atoms with Crippen LogP contribution >= 0.6 is 0 Å². The predicted molar refractivity (Wildman–Crippen MR) is 122 cm³/mol. The molecule has 1 aromatic carbocycles. The lowest BCUT2D eigenvalue weighted by Gasteiger charge is -2.46. The lowest BCUT2D eigenvalue weighted by molar-refractivity contribution is -0.360. The van der Waals surface area contributed by atoms with E-state index in [0.717, 1.165) is 5.56 Å². The van der Waals surface area contributed by atoms with Crippen LogP contribution in [0.4, 0.5) is 0 Å². The molecule has 3 N–H and O–H groups in total. The molecule has 2 heterocycles. The maximum Gasteiger partial charge on any atom is 0.306 e. The van der Waals surface area contributed by atoms with Crippen molar-refractivity contribution < 1.29 is 48.6 Å². The number of aromatic hydroxyl groups is 1. The van der Waals surface area contributed by atoms with Crippen molar-refractivity contribution in [3.8, 4) is 5.75 Å². The number of carbonyl (C=O) groups is 2. The maximum absolute atomic E-state index is 12.0. The first-order valence-electron chi connectivity index (χ1n) is 11.8. The number of hydrogen-bond acceptors (Lipinski definition) is 10. The number of fused-ring (bicyclic) bond motifs is 1. The third-order valence-corrected chi connectivity index (χ3v) is 6.14. The zero-order valence-electron chi connectivity index (χ0n) is 19.9. The van der Waals surface area contributed by atoms with E-state index in [1.165, 1.54) is 0 Å². The number of allylic oxidation sites excluding steroid dienone is 2. The van der Waals surface area contributed by atoms with Gasteiger partial charge in [-0.1, -0.05) is 18.2 Å². The fourth-order valence-electron chi connectivity index (χ4n) is 4.23. The smallest absolute Gasteiger partial charge is 0.306 e. The fraction of sp³-hybridized carbons (Fsp3) is 0.600. The number of aliphatic hydroxyl groups excluding tert-OH is 2. The van der Waals surface area contributed by atoms with Gasteiger partial charge in [0.15, 0.2) is 12.6 Å². The topological polar surface area (TPSA) is 141 Å². The molecule has 3 rings (SSSR count). The lowest BCUT2D eigenvalue weighted by atomic mass is 9.91. The van der Waals surface area contributed by atoms with E-state index < -0.39 is 48.9 Å². The Bertz CT molecular complexity index is 852. The van der Waals surface area contributed by atoms with Crippen LogP contribution < -0.4 is 0 Å². The van der Waals surface area contributed by atoms with Crippen molar-refractivity contribution in [1.29, 1.82) is 0 Å². The SMILES string of the molecule is C/C=C(/C=O)[C@@H](CC(=O)OCC)C[C@@H]1OC[C@H]2O[C@@H](OCCc3ccc(O)cc3)[C@H](O)[C@@H](O)[C@@H]2O1. The fourth-order valence-corrected chi connectivity index (χ4v) is 4.23. The second kappa shape index (κ2) is 13.1. The lowest BCUT2D eigenvalue weighted by Crippen LogP contribution is -2.63. The summed E-state index contributed by atoms with van der Waals surface area (Å²) in [6, 6.07) is 6.69. The van der Waals surface area contributed by atoms with E-state index in [1.54, 1.807) is 44.2 Å². The Balaban J connectivity index is 1.55. The number of aliphatic hydroxyl groups is 2. The van der Waals surface area contributed by atoms with Crippen molar-refractivity contribution in [3.05, 3.63) is 41.5 Å². The molecule has 7 atom stereocenters. The average molecular weight is 495 g/mol. The molecule has 1 aromatic rings. The standard InChI is InChI=1S/C25H34O10/c1-3-16(13-26)17(11-20(28)31-4-2)12-21-33-14-19-24(35-21)22(29)23(30)25(34-19)32-10-9-15-5-7-18(27)8-6-15/h3,5-8,13,17,19,21-25,27,29-30H,4,9-12,14H2,1-2H3/b16-3-/t17-,19+,21+,22+,23+,24+,25+/m0/s1. The van der Waals surface area contributed by atoms with Crippen LogP contribution in [-0.4, -0.2) is 84.4 Å². The normalized spacial score (nSPS) is 29.8. The van der Waals surface area contributed by atoms with Crippen molar-refractivity contribution in [1.82, 2.24) is 0 Å². The van der Waals surface area contributed by atoms with Crippen LogP contribution in [0.25, 0.3) is 0 Å². The first-order chi connectivity index (χ1) is 16.9. The highest BCUT2D eigenvalue weighted by Crippen LogP contribution is 2.32. The summed E-state index contributed by atoms with van der Waals surface area (Å²) >= 11 is 0. The number of phenolic OH excluding ortho intramolecular Hbond substituents is 1. The van der Waals surface area contributed by atoms with Crippen molar-refractivity contribution in [3.63, 3.8) is 0 Å². The Labute approximate surface area is 204 Å². The largest absolute Gasteiger partial charge is 0.508 e. The highest BCUT2D eigenvalue weighted by Gasteiger charge is 2.49. The number of ether oxygens (including phenoxy) is 5. The summed E-state index contributed by atoms with van der Waals surface area (Å²) in [7, 11) is 0. The first-order valence-corrected chi connectivity index (χ1v) is 11.8. The third-order valence-electron chi connectivity index (χ3n) is 6.14. The molecule has 0 saturated carbocycles. The van der Waals surface area contributed by atoms with E-state index in [9.17, 15) is 24.9 Å². The number of phenols is 1. The van der Waals surface area contributed by atoms with Crippen LogP contribution in [0.1, 0.15) is 32.3 Å². The monoisotopic (exact) mass is 494 g/mol. The molecule has 0 aliphatic carbocycles. The average Bonchev–Trinajstić information content (AvgIpc) is 2.84.